The van der Waals surface area contributed by atoms with Crippen molar-refractivity contribution in [2.24, 2.45) is 0 Å². The average molecular weight is 289 g/mol. The Bertz CT molecular complexity index is 425. The van der Waals surface area contributed by atoms with Crippen LogP contribution in [0.15, 0.2) is 30.3 Å². The molecule has 0 saturated carbocycles. The zero-order valence-electron chi connectivity index (χ0n) is 13.2. The highest BCUT2D eigenvalue weighted by molar-refractivity contribution is 5.75. The fourth-order valence-corrected chi connectivity index (χ4v) is 2.74. The third-order valence-electron chi connectivity index (χ3n) is 4.11. The van der Waals surface area contributed by atoms with Crippen LogP contribution in [0.2, 0.25) is 0 Å². The molecule has 4 heteroatoms. The summed E-state index contributed by atoms with van der Waals surface area (Å²) in [7, 11) is 3.62. The first-order chi connectivity index (χ1) is 10.1. The van der Waals surface area contributed by atoms with Gasteiger partial charge in [0.1, 0.15) is 0 Å². The molecule has 1 aliphatic heterocycles. The minimum absolute atomic E-state index is 0.198. The van der Waals surface area contributed by atoms with E-state index < -0.39 is 0 Å². The monoisotopic (exact) mass is 289 g/mol. The summed E-state index contributed by atoms with van der Waals surface area (Å²) in [6.07, 6.45) is 2.93. The van der Waals surface area contributed by atoms with Crippen LogP contribution < -0.4 is 5.32 Å². The van der Waals surface area contributed by atoms with E-state index in [1.54, 1.807) is 4.90 Å². The third-order valence-corrected chi connectivity index (χ3v) is 4.11. The van der Waals surface area contributed by atoms with E-state index >= 15 is 0 Å². The maximum Gasteiger partial charge on any atom is 0.223 e. The number of rotatable bonds is 6. The van der Waals surface area contributed by atoms with Gasteiger partial charge in [0.25, 0.3) is 0 Å². The fourth-order valence-electron chi connectivity index (χ4n) is 2.74. The Morgan fingerprint density at radius 2 is 1.90 bits per heavy atom. The van der Waals surface area contributed by atoms with Gasteiger partial charge in [-0.25, -0.2) is 0 Å². The molecule has 0 radical (unpaired) electrons. The van der Waals surface area contributed by atoms with E-state index in [1.807, 2.05) is 14.1 Å². The molecule has 0 atom stereocenters. The molecule has 0 unspecified atom stereocenters. The molecule has 1 N–H and O–H groups in total. The van der Waals surface area contributed by atoms with E-state index in [1.165, 1.54) is 18.4 Å². The lowest BCUT2D eigenvalue weighted by Crippen LogP contribution is -2.43. The van der Waals surface area contributed by atoms with Crippen LogP contribution in [0.4, 0.5) is 0 Å². The molecule has 1 aromatic carbocycles. The molecule has 1 fully saturated rings. The molecule has 116 valence electrons. The fraction of sp³-hybridized carbons (Fsp3) is 0.588. The first-order valence-electron chi connectivity index (χ1n) is 7.85. The van der Waals surface area contributed by atoms with Gasteiger partial charge in [-0.2, -0.15) is 0 Å². The van der Waals surface area contributed by atoms with Crippen molar-refractivity contribution in [1.82, 2.24) is 15.1 Å². The van der Waals surface area contributed by atoms with Gasteiger partial charge in [0.2, 0.25) is 5.91 Å². The van der Waals surface area contributed by atoms with Crippen LogP contribution >= 0.6 is 0 Å². The summed E-state index contributed by atoms with van der Waals surface area (Å²) < 4.78 is 0. The van der Waals surface area contributed by atoms with Crippen LogP contribution in [0.5, 0.6) is 0 Å². The molecule has 1 amide bonds. The lowest BCUT2D eigenvalue weighted by Gasteiger charge is -2.32. The predicted molar refractivity (Wildman–Crippen MR) is 86.1 cm³/mol. The van der Waals surface area contributed by atoms with Crippen LogP contribution in [0.3, 0.4) is 0 Å². The lowest BCUT2D eigenvalue weighted by atomic mass is 10.0. The third kappa shape index (κ3) is 5.48. The maximum absolute atomic E-state index is 11.5. The molecular weight excluding hydrogens is 262 g/mol. The van der Waals surface area contributed by atoms with Gasteiger partial charge in [-0.15, -0.1) is 0 Å². The van der Waals surface area contributed by atoms with Gasteiger partial charge in [-0.1, -0.05) is 30.3 Å². The molecular formula is C17H27N3O. The van der Waals surface area contributed by atoms with Crippen molar-refractivity contribution in [3.05, 3.63) is 35.9 Å². The topological polar surface area (TPSA) is 35.6 Å². The van der Waals surface area contributed by atoms with E-state index in [-0.39, 0.29) is 5.91 Å². The summed E-state index contributed by atoms with van der Waals surface area (Å²) in [5, 5.41) is 3.52. The van der Waals surface area contributed by atoms with Crippen molar-refractivity contribution in [2.75, 3.05) is 33.7 Å². The molecule has 2 rings (SSSR count). The molecule has 1 aliphatic rings. The molecule has 0 spiro atoms. The zero-order chi connectivity index (χ0) is 15.1. The number of carbonyl (C=O) groups is 1. The summed E-state index contributed by atoms with van der Waals surface area (Å²) in [6, 6.07) is 11.2. The summed E-state index contributed by atoms with van der Waals surface area (Å²) in [6.45, 7) is 4.11. The lowest BCUT2D eigenvalue weighted by molar-refractivity contribution is -0.128. The smallest absolute Gasteiger partial charge is 0.223 e. The highest BCUT2D eigenvalue weighted by atomic mass is 16.2. The normalized spacial score (nSPS) is 16.9. The van der Waals surface area contributed by atoms with Gasteiger partial charge in [-0.3, -0.25) is 9.69 Å². The second-order valence-corrected chi connectivity index (χ2v) is 6.03. The van der Waals surface area contributed by atoms with Crippen molar-refractivity contribution in [3.8, 4) is 0 Å². The number of nitrogens with one attached hydrogen (secondary N) is 1. The Morgan fingerprint density at radius 1 is 1.24 bits per heavy atom. The summed E-state index contributed by atoms with van der Waals surface area (Å²) in [5.74, 6) is 0.198. The van der Waals surface area contributed by atoms with Gasteiger partial charge < -0.3 is 10.2 Å². The van der Waals surface area contributed by atoms with Crippen molar-refractivity contribution in [3.63, 3.8) is 0 Å². The van der Waals surface area contributed by atoms with Gasteiger partial charge in [0, 0.05) is 39.6 Å². The Hall–Kier alpha value is -1.39. The SMILES string of the molecule is CN(C)C(=O)CCNC1CCN(Cc2ccccc2)CC1. The summed E-state index contributed by atoms with van der Waals surface area (Å²) in [5.41, 5.74) is 1.39. The minimum atomic E-state index is 0.198. The van der Waals surface area contributed by atoms with Gasteiger partial charge in [0.15, 0.2) is 0 Å². The first kappa shape index (κ1) is 16.0. The molecule has 1 saturated heterocycles. The number of hydrogen-bond donors (Lipinski definition) is 1. The zero-order valence-corrected chi connectivity index (χ0v) is 13.2. The molecule has 0 aromatic heterocycles. The second kappa shape index (κ2) is 8.15. The Morgan fingerprint density at radius 3 is 2.52 bits per heavy atom. The number of piperidine rings is 1. The van der Waals surface area contributed by atoms with E-state index in [9.17, 15) is 4.79 Å². The van der Waals surface area contributed by atoms with Gasteiger partial charge in [0.05, 0.1) is 0 Å². The quantitative estimate of drug-likeness (QED) is 0.866. The summed E-state index contributed by atoms with van der Waals surface area (Å²) in [4.78, 5) is 15.7. The van der Waals surface area contributed by atoms with E-state index in [0.29, 0.717) is 12.5 Å². The molecule has 21 heavy (non-hydrogen) atoms. The number of carbonyl (C=O) groups excluding carboxylic acids is 1. The van der Waals surface area contributed by atoms with Crippen LogP contribution in [-0.2, 0) is 11.3 Å². The molecule has 0 bridgehead atoms. The second-order valence-electron chi connectivity index (χ2n) is 6.03. The predicted octanol–water partition coefficient (Wildman–Crippen LogP) is 1.72. The molecule has 4 nitrogen and oxygen atoms in total. The number of benzene rings is 1. The Kier molecular flexibility index (Phi) is 6.21. The van der Waals surface area contributed by atoms with Crippen LogP contribution in [0.1, 0.15) is 24.8 Å². The van der Waals surface area contributed by atoms with Gasteiger partial charge in [-0.05, 0) is 31.5 Å². The van der Waals surface area contributed by atoms with Crippen LogP contribution in [-0.4, -0.2) is 55.5 Å². The minimum Gasteiger partial charge on any atom is -0.349 e. The highest BCUT2D eigenvalue weighted by Crippen LogP contribution is 2.13. The highest BCUT2D eigenvalue weighted by Gasteiger charge is 2.18. The van der Waals surface area contributed by atoms with Crippen LogP contribution in [0.25, 0.3) is 0 Å². The van der Waals surface area contributed by atoms with Gasteiger partial charge >= 0.3 is 0 Å². The molecule has 1 heterocycles. The van der Waals surface area contributed by atoms with Crippen LogP contribution in [0, 0.1) is 0 Å². The van der Waals surface area contributed by atoms with Crippen molar-refractivity contribution in [2.45, 2.75) is 31.8 Å². The Labute approximate surface area is 128 Å². The molecule has 0 aliphatic carbocycles. The number of likely N-dealkylation sites (tertiary alicyclic amines) is 1. The standard InChI is InChI=1S/C17H27N3O/c1-19(2)17(21)8-11-18-16-9-12-20(13-10-16)14-15-6-4-3-5-7-15/h3-7,16,18H,8-14H2,1-2H3. The van der Waals surface area contributed by atoms with E-state index in [0.717, 1.165) is 26.2 Å². The number of hydrogen-bond acceptors (Lipinski definition) is 3. The number of amides is 1. The summed E-state index contributed by atoms with van der Waals surface area (Å²) >= 11 is 0. The van der Waals surface area contributed by atoms with Crippen molar-refractivity contribution >= 4 is 5.91 Å². The molecule has 1 aromatic rings. The Balaban J connectivity index is 1.63. The largest absolute Gasteiger partial charge is 0.349 e. The van der Waals surface area contributed by atoms with E-state index in [2.05, 4.69) is 40.5 Å². The maximum atomic E-state index is 11.5. The van der Waals surface area contributed by atoms with Crippen molar-refractivity contribution < 1.29 is 4.79 Å². The average Bonchev–Trinajstić information content (AvgIpc) is 2.50. The number of nitrogens with zero attached hydrogens (tertiary/aromatic N) is 2. The van der Waals surface area contributed by atoms with Crippen molar-refractivity contribution in [1.29, 1.82) is 0 Å². The first-order valence-corrected chi connectivity index (χ1v) is 7.85. The van der Waals surface area contributed by atoms with E-state index in [4.69, 9.17) is 0 Å².